The summed E-state index contributed by atoms with van der Waals surface area (Å²) >= 11 is 6.48. The Hall–Kier alpha value is -3.33. The molecule has 35 heavy (non-hydrogen) atoms. The number of piperidine rings is 1. The molecule has 8 nitrogen and oxygen atoms in total. The third-order valence-corrected chi connectivity index (χ3v) is 6.49. The normalized spacial score (nSPS) is 14.8. The van der Waals surface area contributed by atoms with E-state index in [-0.39, 0.29) is 12.7 Å². The van der Waals surface area contributed by atoms with Gasteiger partial charge in [-0.2, -0.15) is 0 Å². The molecule has 1 fully saturated rings. The number of anilines is 2. The highest BCUT2D eigenvalue weighted by Crippen LogP contribution is 2.34. The maximum atomic E-state index is 9.15. The standard InChI is InChI=1S/C26H28ClN5O3/c1-34-19-12-17(13-20(14-19)35-18-6-8-32(9-7-18)10-11-33)30-26-29-16-23(27)25(31-26)22-15-28-24-5-3-2-4-21(22)24/h2-5,12-16,18,28,33H,6-11H2,1H3,(H,29,30,31). The number of aliphatic hydroxyl groups is 1. The van der Waals surface area contributed by atoms with Crippen LogP contribution in [-0.4, -0.2) is 64.4 Å². The van der Waals surface area contributed by atoms with Gasteiger partial charge in [0.25, 0.3) is 0 Å². The first-order chi connectivity index (χ1) is 17.1. The number of aromatic nitrogens is 3. The van der Waals surface area contributed by atoms with Crippen LogP contribution in [0.2, 0.25) is 5.02 Å². The minimum absolute atomic E-state index is 0.116. The number of nitrogens with zero attached hydrogens (tertiary/aromatic N) is 3. The smallest absolute Gasteiger partial charge is 0.227 e. The largest absolute Gasteiger partial charge is 0.497 e. The second-order valence-electron chi connectivity index (χ2n) is 8.54. The fourth-order valence-corrected chi connectivity index (χ4v) is 4.62. The fourth-order valence-electron chi connectivity index (χ4n) is 4.43. The van der Waals surface area contributed by atoms with Crippen LogP contribution in [0.1, 0.15) is 12.8 Å². The predicted octanol–water partition coefficient (Wildman–Crippen LogP) is 4.87. The molecule has 9 heteroatoms. The molecule has 0 unspecified atom stereocenters. The summed E-state index contributed by atoms with van der Waals surface area (Å²) in [5, 5.41) is 13.9. The van der Waals surface area contributed by atoms with Crippen LogP contribution in [0, 0.1) is 0 Å². The number of rotatable bonds is 8. The molecular formula is C26H28ClN5O3. The van der Waals surface area contributed by atoms with Crippen LogP contribution in [0.5, 0.6) is 11.5 Å². The Morgan fingerprint density at radius 1 is 1.17 bits per heavy atom. The van der Waals surface area contributed by atoms with Gasteiger partial charge in [0.05, 0.1) is 30.6 Å². The van der Waals surface area contributed by atoms with E-state index in [0.29, 0.717) is 29.0 Å². The van der Waals surface area contributed by atoms with E-state index in [1.807, 2.05) is 48.7 Å². The topological polar surface area (TPSA) is 95.5 Å². The molecule has 3 N–H and O–H groups in total. The zero-order chi connectivity index (χ0) is 24.2. The molecular weight excluding hydrogens is 466 g/mol. The molecule has 0 amide bonds. The SMILES string of the molecule is COc1cc(Nc2ncc(Cl)c(-c3c[nH]c4ccccc34)n2)cc(OC2CCN(CCO)CC2)c1. The van der Waals surface area contributed by atoms with E-state index in [2.05, 4.69) is 20.2 Å². The van der Waals surface area contributed by atoms with Crippen molar-refractivity contribution >= 4 is 34.1 Å². The number of para-hydroxylation sites is 1. The lowest BCUT2D eigenvalue weighted by atomic mass is 10.1. The van der Waals surface area contributed by atoms with Crippen LogP contribution in [0.4, 0.5) is 11.6 Å². The number of likely N-dealkylation sites (tertiary alicyclic amines) is 1. The van der Waals surface area contributed by atoms with Gasteiger partial charge in [0.2, 0.25) is 5.95 Å². The van der Waals surface area contributed by atoms with Crippen molar-refractivity contribution in [2.24, 2.45) is 0 Å². The number of aromatic amines is 1. The molecule has 0 saturated carbocycles. The summed E-state index contributed by atoms with van der Waals surface area (Å²) in [6.45, 7) is 2.72. The van der Waals surface area contributed by atoms with Crippen LogP contribution in [-0.2, 0) is 0 Å². The Labute approximate surface area is 208 Å². The molecule has 3 heterocycles. The van der Waals surface area contributed by atoms with Crippen molar-refractivity contribution in [3.05, 3.63) is 59.9 Å². The first-order valence-electron chi connectivity index (χ1n) is 11.7. The van der Waals surface area contributed by atoms with Crippen molar-refractivity contribution in [3.63, 3.8) is 0 Å². The number of ether oxygens (including phenoxy) is 2. The summed E-state index contributed by atoms with van der Waals surface area (Å²) in [5.41, 5.74) is 3.33. The first kappa shape index (κ1) is 23.4. The molecule has 2 aromatic heterocycles. The van der Waals surface area contributed by atoms with Crippen LogP contribution in [0.3, 0.4) is 0 Å². The molecule has 1 saturated heterocycles. The van der Waals surface area contributed by atoms with E-state index < -0.39 is 0 Å². The van der Waals surface area contributed by atoms with Crippen molar-refractivity contribution in [3.8, 4) is 22.8 Å². The van der Waals surface area contributed by atoms with Gasteiger partial charge in [-0.3, -0.25) is 0 Å². The number of benzene rings is 2. The van der Waals surface area contributed by atoms with Crippen LogP contribution >= 0.6 is 11.6 Å². The van der Waals surface area contributed by atoms with Gasteiger partial charge >= 0.3 is 0 Å². The molecule has 2 aromatic carbocycles. The molecule has 1 aliphatic rings. The average Bonchev–Trinajstić information content (AvgIpc) is 3.30. The molecule has 4 aromatic rings. The van der Waals surface area contributed by atoms with E-state index in [4.69, 9.17) is 31.2 Å². The van der Waals surface area contributed by atoms with Gasteiger partial charge < -0.3 is 29.8 Å². The summed E-state index contributed by atoms with van der Waals surface area (Å²) in [7, 11) is 1.63. The number of halogens is 1. The van der Waals surface area contributed by atoms with Crippen LogP contribution in [0.25, 0.3) is 22.2 Å². The summed E-state index contributed by atoms with van der Waals surface area (Å²) in [6, 6.07) is 13.7. The van der Waals surface area contributed by atoms with Gasteiger partial charge in [0, 0.05) is 66.2 Å². The summed E-state index contributed by atoms with van der Waals surface area (Å²) in [4.78, 5) is 14.6. The van der Waals surface area contributed by atoms with E-state index in [9.17, 15) is 0 Å². The molecule has 0 aliphatic carbocycles. The minimum Gasteiger partial charge on any atom is -0.497 e. The third kappa shape index (κ3) is 5.35. The van der Waals surface area contributed by atoms with Gasteiger partial charge in [-0.25, -0.2) is 9.97 Å². The highest BCUT2D eigenvalue weighted by Gasteiger charge is 2.21. The summed E-state index contributed by atoms with van der Waals surface area (Å²) in [6.07, 6.45) is 5.45. The lowest BCUT2D eigenvalue weighted by Gasteiger charge is -2.31. The van der Waals surface area contributed by atoms with Crippen molar-refractivity contribution in [1.82, 2.24) is 19.9 Å². The van der Waals surface area contributed by atoms with Gasteiger partial charge in [0.15, 0.2) is 0 Å². The number of H-pyrrole nitrogens is 1. The quantitative estimate of drug-likeness (QED) is 0.322. The summed E-state index contributed by atoms with van der Waals surface area (Å²) in [5.74, 6) is 1.82. The lowest BCUT2D eigenvalue weighted by Crippen LogP contribution is -2.39. The number of hydrogen-bond donors (Lipinski definition) is 3. The Morgan fingerprint density at radius 2 is 1.97 bits per heavy atom. The monoisotopic (exact) mass is 493 g/mol. The maximum absolute atomic E-state index is 9.15. The van der Waals surface area contributed by atoms with Gasteiger partial charge in [-0.1, -0.05) is 29.8 Å². The molecule has 182 valence electrons. The van der Waals surface area contributed by atoms with Gasteiger partial charge in [0.1, 0.15) is 17.6 Å². The van der Waals surface area contributed by atoms with E-state index in [1.54, 1.807) is 13.3 Å². The van der Waals surface area contributed by atoms with E-state index in [0.717, 1.165) is 53.8 Å². The number of hydrogen-bond acceptors (Lipinski definition) is 7. The second-order valence-corrected chi connectivity index (χ2v) is 8.95. The Morgan fingerprint density at radius 3 is 2.77 bits per heavy atom. The fraction of sp³-hybridized carbons (Fsp3) is 0.308. The number of nitrogens with one attached hydrogen (secondary N) is 2. The number of β-amino-alcohol motifs (C(OH)–C–C–N with tert-alkyl or cyclic N) is 1. The van der Waals surface area contributed by atoms with Gasteiger partial charge in [-0.05, 0) is 18.9 Å². The van der Waals surface area contributed by atoms with Crippen molar-refractivity contribution < 1.29 is 14.6 Å². The molecule has 0 radical (unpaired) electrons. The van der Waals surface area contributed by atoms with Crippen molar-refractivity contribution in [2.45, 2.75) is 18.9 Å². The summed E-state index contributed by atoms with van der Waals surface area (Å²) < 4.78 is 11.8. The minimum atomic E-state index is 0.116. The zero-order valence-electron chi connectivity index (χ0n) is 19.5. The average molecular weight is 494 g/mol. The number of methoxy groups -OCH3 is 1. The van der Waals surface area contributed by atoms with Gasteiger partial charge in [-0.15, -0.1) is 0 Å². The zero-order valence-corrected chi connectivity index (χ0v) is 20.3. The highest BCUT2D eigenvalue weighted by molar-refractivity contribution is 6.33. The Kier molecular flexibility index (Phi) is 7.03. The predicted molar refractivity (Wildman–Crippen MR) is 138 cm³/mol. The van der Waals surface area contributed by atoms with Crippen molar-refractivity contribution in [2.75, 3.05) is 38.7 Å². The molecule has 1 aliphatic heterocycles. The third-order valence-electron chi connectivity index (χ3n) is 6.21. The van der Waals surface area contributed by atoms with Crippen LogP contribution < -0.4 is 14.8 Å². The second kappa shape index (κ2) is 10.5. The Bertz CT molecular complexity index is 1300. The van der Waals surface area contributed by atoms with Crippen molar-refractivity contribution in [1.29, 1.82) is 0 Å². The van der Waals surface area contributed by atoms with E-state index >= 15 is 0 Å². The molecule has 0 atom stereocenters. The van der Waals surface area contributed by atoms with Crippen LogP contribution in [0.15, 0.2) is 54.9 Å². The molecule has 5 rings (SSSR count). The maximum Gasteiger partial charge on any atom is 0.227 e. The highest BCUT2D eigenvalue weighted by atomic mass is 35.5. The first-order valence-corrected chi connectivity index (χ1v) is 12.1. The lowest BCUT2D eigenvalue weighted by molar-refractivity contribution is 0.0888. The van der Waals surface area contributed by atoms with E-state index in [1.165, 1.54) is 0 Å². The number of aliphatic hydroxyl groups excluding tert-OH is 1. The molecule has 0 bridgehead atoms. The number of fused-ring (bicyclic) bond motifs is 1. The Balaban J connectivity index is 1.36. The molecule has 0 spiro atoms.